The Morgan fingerprint density at radius 3 is 2.20 bits per heavy atom. The molecule has 2 aromatic rings. The number of esters is 2. The van der Waals surface area contributed by atoms with Gasteiger partial charge in [-0.2, -0.15) is 0 Å². The molecule has 0 spiro atoms. The van der Waals surface area contributed by atoms with Crippen molar-refractivity contribution in [1.82, 2.24) is 0 Å². The molecule has 0 aromatic heterocycles. The number of nitrogens with zero attached hydrogens (tertiary/aromatic N) is 1. The molecule has 3 rings (SSSR count). The first-order valence-corrected chi connectivity index (χ1v) is 7.73. The van der Waals surface area contributed by atoms with Crippen LogP contribution in [0.3, 0.4) is 0 Å². The van der Waals surface area contributed by atoms with Gasteiger partial charge >= 0.3 is 11.9 Å². The number of hydrogen-bond acceptors (Lipinski definition) is 5. The van der Waals surface area contributed by atoms with E-state index in [9.17, 15) is 14.4 Å². The highest BCUT2D eigenvalue weighted by Crippen LogP contribution is 2.37. The number of methoxy groups -OCH3 is 2. The van der Waals surface area contributed by atoms with E-state index in [1.165, 1.54) is 14.2 Å². The standard InChI is InChI=1S/C19H17NO5/c1-24-18(22)13-9-7-12(8-10-13)17(21)20-11-15(19(23)25-2)14-5-3-4-6-16(14)20/h3-10,15H,11H2,1-2H3/t15-/m1/s1. The number of para-hydroxylation sites is 1. The Balaban J connectivity index is 1.90. The van der Waals surface area contributed by atoms with Crippen molar-refractivity contribution in [2.75, 3.05) is 25.7 Å². The topological polar surface area (TPSA) is 72.9 Å². The molecule has 0 saturated heterocycles. The van der Waals surface area contributed by atoms with Crippen molar-refractivity contribution in [3.05, 3.63) is 65.2 Å². The predicted octanol–water partition coefficient (Wildman–Crippen LogP) is 2.39. The largest absolute Gasteiger partial charge is 0.468 e. The van der Waals surface area contributed by atoms with Crippen LogP contribution in [0.5, 0.6) is 0 Å². The lowest BCUT2D eigenvalue weighted by atomic mass is 10.0. The second-order valence-electron chi connectivity index (χ2n) is 5.62. The number of amides is 1. The zero-order valence-electron chi connectivity index (χ0n) is 13.9. The van der Waals surface area contributed by atoms with Gasteiger partial charge in [0.05, 0.1) is 19.8 Å². The van der Waals surface area contributed by atoms with E-state index in [0.29, 0.717) is 16.8 Å². The van der Waals surface area contributed by atoms with Crippen molar-refractivity contribution in [2.45, 2.75) is 5.92 Å². The zero-order valence-corrected chi connectivity index (χ0v) is 13.9. The highest BCUT2D eigenvalue weighted by atomic mass is 16.5. The van der Waals surface area contributed by atoms with Crippen LogP contribution in [-0.2, 0) is 14.3 Å². The Kier molecular flexibility index (Phi) is 4.52. The molecule has 0 radical (unpaired) electrons. The second-order valence-corrected chi connectivity index (χ2v) is 5.62. The van der Waals surface area contributed by atoms with Crippen molar-refractivity contribution in [3.8, 4) is 0 Å². The van der Waals surface area contributed by atoms with Crippen LogP contribution in [0.1, 0.15) is 32.2 Å². The molecule has 0 bridgehead atoms. The molecular weight excluding hydrogens is 322 g/mol. The van der Waals surface area contributed by atoms with Crippen LogP contribution in [0, 0.1) is 0 Å². The van der Waals surface area contributed by atoms with Crippen molar-refractivity contribution in [3.63, 3.8) is 0 Å². The Morgan fingerprint density at radius 1 is 0.920 bits per heavy atom. The Morgan fingerprint density at radius 2 is 1.56 bits per heavy atom. The number of benzene rings is 2. The molecule has 1 aliphatic heterocycles. The third kappa shape index (κ3) is 2.98. The van der Waals surface area contributed by atoms with Gasteiger partial charge in [-0.3, -0.25) is 9.59 Å². The van der Waals surface area contributed by atoms with Gasteiger partial charge in [-0.15, -0.1) is 0 Å². The van der Waals surface area contributed by atoms with Crippen LogP contribution in [0.4, 0.5) is 5.69 Å². The first-order chi connectivity index (χ1) is 12.1. The van der Waals surface area contributed by atoms with E-state index < -0.39 is 11.9 Å². The number of rotatable bonds is 3. The number of ether oxygens (including phenoxy) is 2. The number of fused-ring (bicyclic) bond motifs is 1. The Bertz CT molecular complexity index is 828. The molecule has 1 atom stereocenters. The fourth-order valence-electron chi connectivity index (χ4n) is 2.97. The van der Waals surface area contributed by atoms with Crippen LogP contribution in [0.15, 0.2) is 48.5 Å². The minimum atomic E-state index is -0.500. The van der Waals surface area contributed by atoms with Crippen molar-refractivity contribution in [2.24, 2.45) is 0 Å². The monoisotopic (exact) mass is 339 g/mol. The molecule has 0 saturated carbocycles. The number of hydrogen-bond donors (Lipinski definition) is 0. The van der Waals surface area contributed by atoms with Gasteiger partial charge in [-0.1, -0.05) is 18.2 Å². The quantitative estimate of drug-likeness (QED) is 0.803. The van der Waals surface area contributed by atoms with E-state index in [4.69, 9.17) is 4.74 Å². The van der Waals surface area contributed by atoms with Crippen molar-refractivity contribution < 1.29 is 23.9 Å². The maximum absolute atomic E-state index is 12.9. The van der Waals surface area contributed by atoms with Gasteiger partial charge in [-0.05, 0) is 35.9 Å². The fourth-order valence-corrected chi connectivity index (χ4v) is 2.97. The predicted molar refractivity (Wildman–Crippen MR) is 90.7 cm³/mol. The third-order valence-corrected chi connectivity index (χ3v) is 4.25. The summed E-state index contributed by atoms with van der Waals surface area (Å²) < 4.78 is 9.50. The van der Waals surface area contributed by atoms with Gasteiger partial charge in [0.1, 0.15) is 5.92 Å². The molecule has 1 aliphatic rings. The molecule has 128 valence electrons. The fraction of sp³-hybridized carbons (Fsp3) is 0.211. The Hall–Kier alpha value is -3.15. The van der Waals surface area contributed by atoms with Crippen LogP contribution in [-0.4, -0.2) is 38.6 Å². The summed E-state index contributed by atoms with van der Waals surface area (Å²) in [7, 11) is 2.64. The number of carbonyl (C=O) groups excluding carboxylic acids is 3. The molecule has 1 amide bonds. The van der Waals surface area contributed by atoms with E-state index in [-0.39, 0.29) is 18.4 Å². The van der Waals surface area contributed by atoms with Gasteiger partial charge in [0.2, 0.25) is 0 Å². The van der Waals surface area contributed by atoms with E-state index in [1.807, 2.05) is 18.2 Å². The lowest BCUT2D eigenvalue weighted by Gasteiger charge is -2.17. The molecule has 25 heavy (non-hydrogen) atoms. The Labute approximate surface area is 145 Å². The minimum Gasteiger partial charge on any atom is -0.468 e. The van der Waals surface area contributed by atoms with Gasteiger partial charge in [-0.25, -0.2) is 4.79 Å². The van der Waals surface area contributed by atoms with E-state index >= 15 is 0 Å². The van der Waals surface area contributed by atoms with Crippen molar-refractivity contribution in [1.29, 1.82) is 0 Å². The lowest BCUT2D eigenvalue weighted by Crippen LogP contribution is -2.31. The highest BCUT2D eigenvalue weighted by molar-refractivity contribution is 6.09. The summed E-state index contributed by atoms with van der Waals surface area (Å²) in [4.78, 5) is 38.0. The number of anilines is 1. The molecular formula is C19H17NO5. The molecule has 0 unspecified atom stereocenters. The average Bonchev–Trinajstić information content (AvgIpc) is 3.06. The molecule has 0 N–H and O–H groups in total. The summed E-state index contributed by atoms with van der Waals surface area (Å²) in [5.74, 6) is -1.57. The minimum absolute atomic E-state index is 0.226. The molecule has 1 heterocycles. The average molecular weight is 339 g/mol. The smallest absolute Gasteiger partial charge is 0.337 e. The molecule has 2 aromatic carbocycles. The van der Waals surface area contributed by atoms with Crippen molar-refractivity contribution >= 4 is 23.5 Å². The van der Waals surface area contributed by atoms with Gasteiger partial charge in [0.25, 0.3) is 5.91 Å². The van der Waals surface area contributed by atoms with Crippen LogP contribution >= 0.6 is 0 Å². The van der Waals surface area contributed by atoms with E-state index in [1.54, 1.807) is 35.2 Å². The maximum Gasteiger partial charge on any atom is 0.337 e. The van der Waals surface area contributed by atoms with E-state index in [2.05, 4.69) is 4.74 Å². The second kappa shape index (κ2) is 6.76. The summed E-state index contributed by atoms with van der Waals surface area (Å²) in [6.07, 6.45) is 0. The van der Waals surface area contributed by atoms with Gasteiger partial charge < -0.3 is 14.4 Å². The van der Waals surface area contributed by atoms with Crippen LogP contribution in [0.25, 0.3) is 0 Å². The highest BCUT2D eigenvalue weighted by Gasteiger charge is 2.37. The van der Waals surface area contributed by atoms with Gasteiger partial charge in [0, 0.05) is 17.8 Å². The molecule has 0 aliphatic carbocycles. The van der Waals surface area contributed by atoms with Crippen LogP contribution < -0.4 is 4.90 Å². The molecule has 0 fully saturated rings. The van der Waals surface area contributed by atoms with Gasteiger partial charge in [0.15, 0.2) is 0 Å². The first-order valence-electron chi connectivity index (χ1n) is 7.73. The molecule has 6 nitrogen and oxygen atoms in total. The summed E-state index contributed by atoms with van der Waals surface area (Å²) in [5, 5.41) is 0. The summed E-state index contributed by atoms with van der Waals surface area (Å²) in [6, 6.07) is 13.5. The maximum atomic E-state index is 12.9. The SMILES string of the molecule is COC(=O)c1ccc(C(=O)N2C[C@@H](C(=O)OC)c3ccccc32)cc1. The van der Waals surface area contributed by atoms with Crippen LogP contribution in [0.2, 0.25) is 0 Å². The van der Waals surface area contributed by atoms with E-state index in [0.717, 1.165) is 5.56 Å². The number of carbonyl (C=O) groups is 3. The normalized spacial score (nSPS) is 15.4. The molecule has 6 heteroatoms. The third-order valence-electron chi connectivity index (χ3n) is 4.25. The summed E-state index contributed by atoms with van der Waals surface area (Å²) in [6.45, 7) is 0.226. The first kappa shape index (κ1) is 16.7. The summed E-state index contributed by atoms with van der Waals surface area (Å²) in [5.41, 5.74) is 2.26. The summed E-state index contributed by atoms with van der Waals surface area (Å²) >= 11 is 0. The lowest BCUT2D eigenvalue weighted by molar-refractivity contribution is -0.141. The zero-order chi connectivity index (χ0) is 18.0.